The number of pyridine rings is 1. The molecule has 6 nitrogen and oxygen atoms in total. The fourth-order valence-electron chi connectivity index (χ4n) is 3.50. The molecule has 7 heteroatoms. The maximum absolute atomic E-state index is 13.8. The molecule has 1 aliphatic heterocycles. The van der Waals surface area contributed by atoms with E-state index in [9.17, 15) is 14.0 Å². The van der Waals surface area contributed by atoms with Gasteiger partial charge in [0, 0.05) is 37.0 Å². The monoisotopic (exact) mass is 384 g/mol. The van der Waals surface area contributed by atoms with Crippen LogP contribution in [0.5, 0.6) is 0 Å². The van der Waals surface area contributed by atoms with Gasteiger partial charge in [0.05, 0.1) is 0 Å². The first-order valence-electron chi connectivity index (χ1n) is 9.42. The molecule has 3 rings (SSSR count). The van der Waals surface area contributed by atoms with Crippen molar-refractivity contribution in [1.29, 1.82) is 0 Å². The largest absolute Gasteiger partial charge is 0.381 e. The van der Waals surface area contributed by atoms with E-state index in [1.54, 1.807) is 41.1 Å². The van der Waals surface area contributed by atoms with Gasteiger partial charge in [0.1, 0.15) is 6.04 Å². The third-order valence-corrected chi connectivity index (χ3v) is 5.27. The third-order valence-electron chi connectivity index (χ3n) is 5.27. The van der Waals surface area contributed by atoms with Gasteiger partial charge in [-0.2, -0.15) is 0 Å². The number of carbonyl (C=O) groups is 2. The highest BCUT2D eigenvalue weighted by Gasteiger charge is 2.38. The summed E-state index contributed by atoms with van der Waals surface area (Å²) in [4.78, 5) is 33.1. The minimum Gasteiger partial charge on any atom is -0.381 e. The summed E-state index contributed by atoms with van der Waals surface area (Å²) in [6.45, 7) is 4.41. The molecule has 0 aliphatic carbocycles. The standard InChI is InChI=1S/C21H25FN4O2/c1-4-6-18-21(28)25(3)13(2)12-26(18)20(27)15-8-5-7-14(9-15)16-10-17(22)19(23)24-11-16/h5,7-11,13,18H,4,6,12H2,1-3H3,(H2,23,24)/t13-,18+/m0/s1. The summed E-state index contributed by atoms with van der Waals surface area (Å²) >= 11 is 0. The van der Waals surface area contributed by atoms with E-state index in [0.29, 0.717) is 29.7 Å². The van der Waals surface area contributed by atoms with E-state index in [1.807, 2.05) is 13.8 Å². The fourth-order valence-corrected chi connectivity index (χ4v) is 3.50. The Kier molecular flexibility index (Phi) is 5.63. The number of benzene rings is 1. The lowest BCUT2D eigenvalue weighted by atomic mass is 9.99. The van der Waals surface area contributed by atoms with Crippen LogP contribution >= 0.6 is 0 Å². The maximum Gasteiger partial charge on any atom is 0.254 e. The summed E-state index contributed by atoms with van der Waals surface area (Å²) in [5, 5.41) is 0. The first kappa shape index (κ1) is 19.8. The number of rotatable bonds is 4. The van der Waals surface area contributed by atoms with Crippen LogP contribution in [0.25, 0.3) is 11.1 Å². The van der Waals surface area contributed by atoms with Crippen molar-refractivity contribution in [3.8, 4) is 11.1 Å². The predicted octanol–water partition coefficient (Wildman–Crippen LogP) is 2.94. The van der Waals surface area contributed by atoms with Crippen LogP contribution in [-0.2, 0) is 4.79 Å². The number of nitrogens with two attached hydrogens (primary N) is 1. The zero-order chi connectivity index (χ0) is 20.4. The first-order valence-corrected chi connectivity index (χ1v) is 9.42. The molecule has 2 aromatic rings. The average Bonchev–Trinajstić information content (AvgIpc) is 2.70. The summed E-state index contributed by atoms with van der Waals surface area (Å²) < 4.78 is 13.8. The van der Waals surface area contributed by atoms with Crippen LogP contribution in [0, 0.1) is 5.82 Å². The Bertz CT molecular complexity index is 902. The number of likely N-dealkylation sites (N-methyl/N-ethyl adjacent to an activating group) is 1. The minimum absolute atomic E-state index is 0.0325. The van der Waals surface area contributed by atoms with Crippen molar-refractivity contribution in [2.45, 2.75) is 38.8 Å². The van der Waals surface area contributed by atoms with Gasteiger partial charge >= 0.3 is 0 Å². The molecule has 0 radical (unpaired) electrons. The zero-order valence-electron chi connectivity index (χ0n) is 16.4. The number of carbonyl (C=O) groups excluding carboxylic acids is 2. The number of amides is 2. The second-order valence-corrected chi connectivity index (χ2v) is 7.23. The summed E-state index contributed by atoms with van der Waals surface area (Å²) in [6.07, 6.45) is 2.90. The summed E-state index contributed by atoms with van der Waals surface area (Å²) in [7, 11) is 1.78. The molecule has 1 aromatic carbocycles. The summed E-state index contributed by atoms with van der Waals surface area (Å²) in [6, 6.07) is 7.72. The molecule has 2 atom stereocenters. The van der Waals surface area contributed by atoms with Gasteiger partial charge in [-0.25, -0.2) is 9.37 Å². The van der Waals surface area contributed by atoms with Crippen LogP contribution in [0.2, 0.25) is 0 Å². The molecule has 0 saturated carbocycles. The first-order chi connectivity index (χ1) is 13.3. The quantitative estimate of drug-likeness (QED) is 0.879. The van der Waals surface area contributed by atoms with E-state index in [4.69, 9.17) is 5.73 Å². The lowest BCUT2D eigenvalue weighted by molar-refractivity contribution is -0.142. The van der Waals surface area contributed by atoms with E-state index >= 15 is 0 Å². The van der Waals surface area contributed by atoms with Crippen LogP contribution < -0.4 is 5.73 Å². The van der Waals surface area contributed by atoms with E-state index in [1.165, 1.54) is 12.3 Å². The Hall–Kier alpha value is -2.96. The van der Waals surface area contributed by atoms with Gasteiger partial charge in [0.15, 0.2) is 11.6 Å². The Morgan fingerprint density at radius 1 is 1.32 bits per heavy atom. The van der Waals surface area contributed by atoms with Crippen LogP contribution in [0.1, 0.15) is 37.0 Å². The maximum atomic E-state index is 13.8. The number of hydrogen-bond acceptors (Lipinski definition) is 4. The van der Waals surface area contributed by atoms with E-state index in [2.05, 4.69) is 4.98 Å². The number of hydrogen-bond donors (Lipinski definition) is 1. The number of nitrogens with zero attached hydrogens (tertiary/aromatic N) is 3. The molecule has 2 heterocycles. The smallest absolute Gasteiger partial charge is 0.254 e. The van der Waals surface area contributed by atoms with Crippen LogP contribution in [0.4, 0.5) is 10.2 Å². The normalized spacial score (nSPS) is 19.8. The topological polar surface area (TPSA) is 79.5 Å². The molecule has 0 bridgehead atoms. The lowest BCUT2D eigenvalue weighted by Crippen LogP contribution is -2.61. The number of nitrogen functional groups attached to an aromatic ring is 1. The number of aromatic nitrogens is 1. The molecule has 2 amide bonds. The lowest BCUT2D eigenvalue weighted by Gasteiger charge is -2.43. The van der Waals surface area contributed by atoms with E-state index in [0.717, 1.165) is 6.42 Å². The molecule has 2 N–H and O–H groups in total. The van der Waals surface area contributed by atoms with Crippen molar-refractivity contribution in [3.05, 3.63) is 47.9 Å². The minimum atomic E-state index is -0.601. The second-order valence-electron chi connectivity index (χ2n) is 7.23. The predicted molar refractivity (Wildman–Crippen MR) is 106 cm³/mol. The van der Waals surface area contributed by atoms with Crippen molar-refractivity contribution < 1.29 is 14.0 Å². The highest BCUT2D eigenvalue weighted by atomic mass is 19.1. The van der Waals surface area contributed by atoms with Gasteiger partial charge in [-0.15, -0.1) is 0 Å². The third kappa shape index (κ3) is 3.69. The van der Waals surface area contributed by atoms with Gasteiger partial charge in [-0.1, -0.05) is 25.5 Å². The zero-order valence-corrected chi connectivity index (χ0v) is 16.4. The van der Waals surface area contributed by atoms with Gasteiger partial charge in [-0.3, -0.25) is 9.59 Å². The Balaban J connectivity index is 1.93. The Morgan fingerprint density at radius 2 is 2.07 bits per heavy atom. The average molecular weight is 384 g/mol. The highest BCUT2D eigenvalue weighted by molar-refractivity contribution is 5.99. The molecule has 1 fully saturated rings. The van der Waals surface area contributed by atoms with Crippen molar-refractivity contribution in [3.63, 3.8) is 0 Å². The molecule has 0 spiro atoms. The Morgan fingerprint density at radius 3 is 2.75 bits per heavy atom. The SMILES string of the molecule is CCC[C@@H]1C(=O)N(C)[C@@H](C)CN1C(=O)c1cccc(-c2cnc(N)c(F)c2)c1. The molecule has 1 aliphatic rings. The number of anilines is 1. The number of halogens is 1. The van der Waals surface area contributed by atoms with Crippen molar-refractivity contribution >= 4 is 17.6 Å². The van der Waals surface area contributed by atoms with Gasteiger partial charge < -0.3 is 15.5 Å². The van der Waals surface area contributed by atoms with Crippen molar-refractivity contribution in [2.75, 3.05) is 19.3 Å². The molecule has 28 heavy (non-hydrogen) atoms. The molecule has 0 unspecified atom stereocenters. The van der Waals surface area contributed by atoms with E-state index < -0.39 is 11.9 Å². The molecule has 148 valence electrons. The van der Waals surface area contributed by atoms with Gasteiger partial charge in [0.25, 0.3) is 5.91 Å². The second kappa shape index (κ2) is 7.96. The Labute approximate surface area is 164 Å². The fraction of sp³-hybridized carbons (Fsp3) is 0.381. The van der Waals surface area contributed by atoms with Crippen LogP contribution in [0.3, 0.4) is 0 Å². The van der Waals surface area contributed by atoms with Crippen LogP contribution in [-0.4, -0.2) is 52.3 Å². The van der Waals surface area contributed by atoms with Gasteiger partial charge in [0.2, 0.25) is 5.91 Å². The summed E-state index contributed by atoms with van der Waals surface area (Å²) in [5.74, 6) is -0.994. The van der Waals surface area contributed by atoms with Gasteiger partial charge in [-0.05, 0) is 37.1 Å². The molecule has 1 saturated heterocycles. The van der Waals surface area contributed by atoms with Crippen molar-refractivity contribution in [1.82, 2.24) is 14.8 Å². The molecule has 1 aromatic heterocycles. The highest BCUT2D eigenvalue weighted by Crippen LogP contribution is 2.25. The number of piperazine rings is 1. The summed E-state index contributed by atoms with van der Waals surface area (Å²) in [5.41, 5.74) is 7.10. The van der Waals surface area contributed by atoms with Crippen molar-refractivity contribution in [2.24, 2.45) is 0 Å². The molecular weight excluding hydrogens is 359 g/mol. The van der Waals surface area contributed by atoms with Crippen LogP contribution in [0.15, 0.2) is 36.5 Å². The van der Waals surface area contributed by atoms with E-state index in [-0.39, 0.29) is 23.7 Å². The molecular formula is C21H25FN4O2.